The molecule has 1 fully saturated rings. The molecule has 0 atom stereocenters. The van der Waals surface area contributed by atoms with E-state index in [4.69, 9.17) is 4.74 Å². The first-order valence-corrected chi connectivity index (χ1v) is 15.6. The summed E-state index contributed by atoms with van der Waals surface area (Å²) in [6.45, 7) is 10.1. The minimum absolute atomic E-state index is 0.0402. The summed E-state index contributed by atoms with van der Waals surface area (Å²) in [6, 6.07) is 3.41. The number of aromatic nitrogens is 5. The molecule has 1 saturated carbocycles. The maximum absolute atomic E-state index is 13.0. The van der Waals surface area contributed by atoms with Gasteiger partial charge >= 0.3 is 6.09 Å². The van der Waals surface area contributed by atoms with E-state index in [1.165, 1.54) is 23.5 Å². The van der Waals surface area contributed by atoms with Gasteiger partial charge in [-0.25, -0.2) is 28.2 Å². The Hall–Kier alpha value is -4.27. The monoisotopic (exact) mass is 613 g/mol. The number of amides is 2. The van der Waals surface area contributed by atoms with Crippen molar-refractivity contribution in [2.75, 3.05) is 30.8 Å². The maximum Gasteiger partial charge on any atom is 0.410 e. The summed E-state index contributed by atoms with van der Waals surface area (Å²) in [5.74, 6) is 0.869. The summed E-state index contributed by atoms with van der Waals surface area (Å²) in [7, 11) is -1.84. The smallest absolute Gasteiger partial charge is 0.410 e. The third-order valence-corrected chi connectivity index (χ3v) is 8.23. The average molecular weight is 614 g/mol. The Labute approximate surface area is 251 Å². The van der Waals surface area contributed by atoms with Crippen molar-refractivity contribution < 1.29 is 22.7 Å². The predicted octanol–water partition coefficient (Wildman–Crippen LogP) is 3.63. The van der Waals surface area contributed by atoms with Crippen LogP contribution >= 0.6 is 0 Å². The molecule has 0 saturated heterocycles. The van der Waals surface area contributed by atoms with Crippen molar-refractivity contribution in [1.82, 2.24) is 34.4 Å². The molecule has 0 aliphatic heterocycles. The molecule has 3 N–H and O–H groups in total. The van der Waals surface area contributed by atoms with Gasteiger partial charge in [0.25, 0.3) is 15.9 Å². The minimum Gasteiger partial charge on any atom is -0.444 e. The zero-order chi connectivity index (χ0) is 31.4. The number of hydrogen-bond acceptors (Lipinski definition) is 11. The van der Waals surface area contributed by atoms with E-state index >= 15 is 0 Å². The fourth-order valence-corrected chi connectivity index (χ4v) is 5.43. The second-order valence-electron chi connectivity index (χ2n) is 11.7. The number of nitrogens with zero attached hydrogens (tertiary/aromatic N) is 6. The van der Waals surface area contributed by atoms with Crippen LogP contribution in [0, 0.1) is 0 Å². The van der Waals surface area contributed by atoms with Gasteiger partial charge in [-0.15, -0.1) is 0 Å². The SMILES string of the molecule is CC(C)Nc1cc(Nc2ccnc(-c3cnn(S(=O)(=O)C4CC4)c3)n2)ncc1C(=O)NCCCN(C)C(=O)OC(C)(C)C. The third-order valence-electron chi connectivity index (χ3n) is 6.19. The lowest BCUT2D eigenvalue weighted by atomic mass is 10.2. The lowest BCUT2D eigenvalue weighted by Crippen LogP contribution is -2.36. The molecule has 0 aromatic carbocycles. The lowest BCUT2D eigenvalue weighted by molar-refractivity contribution is 0.0297. The largest absolute Gasteiger partial charge is 0.444 e. The van der Waals surface area contributed by atoms with E-state index in [-0.39, 0.29) is 17.2 Å². The number of rotatable bonds is 12. The first-order valence-electron chi connectivity index (χ1n) is 14.1. The van der Waals surface area contributed by atoms with Gasteiger partial charge in [-0.3, -0.25) is 4.79 Å². The van der Waals surface area contributed by atoms with Gasteiger partial charge in [0.05, 0.1) is 34.5 Å². The van der Waals surface area contributed by atoms with Crippen molar-refractivity contribution >= 4 is 39.3 Å². The van der Waals surface area contributed by atoms with E-state index in [2.05, 4.69) is 36.0 Å². The highest BCUT2D eigenvalue weighted by atomic mass is 32.2. The van der Waals surface area contributed by atoms with Crippen molar-refractivity contribution in [3.05, 3.63) is 42.5 Å². The summed E-state index contributed by atoms with van der Waals surface area (Å²) in [5.41, 5.74) is 0.838. The molecule has 4 rings (SSSR count). The van der Waals surface area contributed by atoms with Crippen LogP contribution in [0.25, 0.3) is 11.4 Å². The average Bonchev–Trinajstić information content (AvgIpc) is 3.67. The number of hydrogen-bond donors (Lipinski definition) is 3. The first-order chi connectivity index (χ1) is 20.2. The van der Waals surface area contributed by atoms with Crippen LogP contribution in [0.15, 0.2) is 36.9 Å². The standard InChI is InChI=1S/C28H39N9O5S/c1-18(2)33-22-14-24(31-16-21(22)26(38)30-11-7-13-36(6)27(39)42-28(3,4)5)34-23-10-12-29-25(35-23)19-15-32-37(17-19)43(40,41)20-8-9-20/h10,12,14-18,20H,7-9,11,13H2,1-6H3,(H,30,38)(H2,29,31,33,34,35). The van der Waals surface area contributed by atoms with Crippen LogP contribution in [-0.4, -0.2) is 86.5 Å². The number of carbonyl (C=O) groups is 2. The Morgan fingerprint density at radius 3 is 2.58 bits per heavy atom. The summed E-state index contributed by atoms with van der Waals surface area (Å²) in [5, 5.41) is 12.9. The van der Waals surface area contributed by atoms with Crippen molar-refractivity contribution in [2.45, 2.75) is 70.8 Å². The molecule has 0 radical (unpaired) electrons. The van der Waals surface area contributed by atoms with Crippen LogP contribution in [0.2, 0.25) is 0 Å². The Bertz CT molecular complexity index is 1560. The molecular weight excluding hydrogens is 574 g/mol. The fourth-order valence-electron chi connectivity index (χ4n) is 3.96. The molecule has 2 amide bonds. The number of nitrogens with one attached hydrogen (secondary N) is 3. The van der Waals surface area contributed by atoms with Gasteiger partial charge in [0.15, 0.2) is 5.82 Å². The molecule has 0 spiro atoms. The fraction of sp³-hybridized carbons (Fsp3) is 0.500. The van der Waals surface area contributed by atoms with Crippen LogP contribution < -0.4 is 16.0 Å². The van der Waals surface area contributed by atoms with Gasteiger partial charge in [0.2, 0.25) is 0 Å². The Kier molecular flexibility index (Phi) is 9.52. The number of ether oxygens (including phenoxy) is 1. The molecule has 0 unspecified atom stereocenters. The Balaban J connectivity index is 1.40. The highest BCUT2D eigenvalue weighted by molar-refractivity contribution is 7.90. The quantitative estimate of drug-likeness (QED) is 0.255. The van der Waals surface area contributed by atoms with Crippen LogP contribution in [0.5, 0.6) is 0 Å². The van der Waals surface area contributed by atoms with E-state index < -0.39 is 21.7 Å². The molecule has 232 valence electrons. The van der Waals surface area contributed by atoms with Gasteiger partial charge in [-0.2, -0.15) is 9.19 Å². The Morgan fingerprint density at radius 2 is 1.91 bits per heavy atom. The van der Waals surface area contributed by atoms with E-state index in [0.717, 1.165) is 4.09 Å². The topological polar surface area (TPSA) is 173 Å². The van der Waals surface area contributed by atoms with Crippen molar-refractivity contribution in [3.63, 3.8) is 0 Å². The number of anilines is 3. The molecule has 1 aliphatic rings. The molecule has 14 nitrogen and oxygen atoms in total. The van der Waals surface area contributed by atoms with Crippen LogP contribution in [0.4, 0.5) is 22.1 Å². The predicted molar refractivity (Wildman–Crippen MR) is 163 cm³/mol. The van der Waals surface area contributed by atoms with E-state index in [1.54, 1.807) is 25.4 Å². The first kappa shape index (κ1) is 31.7. The van der Waals surface area contributed by atoms with Crippen molar-refractivity contribution in [1.29, 1.82) is 0 Å². The van der Waals surface area contributed by atoms with Gasteiger partial charge in [0.1, 0.15) is 17.2 Å². The number of carbonyl (C=O) groups excluding carboxylic acids is 2. The molecule has 43 heavy (non-hydrogen) atoms. The maximum atomic E-state index is 13.0. The van der Waals surface area contributed by atoms with Crippen molar-refractivity contribution in [3.8, 4) is 11.4 Å². The van der Waals surface area contributed by atoms with E-state index in [0.29, 0.717) is 66.6 Å². The van der Waals surface area contributed by atoms with Gasteiger partial charge in [-0.05, 0) is 59.9 Å². The second-order valence-corrected chi connectivity index (χ2v) is 13.7. The van der Waals surface area contributed by atoms with Crippen LogP contribution in [-0.2, 0) is 14.8 Å². The zero-order valence-electron chi connectivity index (χ0n) is 25.3. The summed E-state index contributed by atoms with van der Waals surface area (Å²) < 4.78 is 31.3. The van der Waals surface area contributed by atoms with Gasteiger partial charge in [-0.1, -0.05) is 0 Å². The third kappa shape index (κ3) is 8.63. The molecule has 3 heterocycles. The second kappa shape index (κ2) is 12.9. The van der Waals surface area contributed by atoms with Crippen molar-refractivity contribution in [2.24, 2.45) is 0 Å². The lowest BCUT2D eigenvalue weighted by Gasteiger charge is -2.24. The molecule has 0 bridgehead atoms. The summed E-state index contributed by atoms with van der Waals surface area (Å²) in [4.78, 5) is 39.8. The molecule has 15 heteroatoms. The highest BCUT2D eigenvalue weighted by Crippen LogP contribution is 2.30. The van der Waals surface area contributed by atoms with E-state index in [1.807, 2.05) is 34.6 Å². The molecule has 3 aromatic heterocycles. The highest BCUT2D eigenvalue weighted by Gasteiger charge is 2.37. The number of pyridine rings is 1. The Morgan fingerprint density at radius 1 is 1.16 bits per heavy atom. The van der Waals surface area contributed by atoms with Gasteiger partial charge < -0.3 is 25.6 Å². The zero-order valence-corrected chi connectivity index (χ0v) is 26.1. The molecule has 1 aliphatic carbocycles. The minimum atomic E-state index is -3.49. The van der Waals surface area contributed by atoms with Gasteiger partial charge in [0, 0.05) is 44.6 Å². The molecular formula is C28H39N9O5S. The van der Waals surface area contributed by atoms with Crippen LogP contribution in [0.3, 0.4) is 0 Å². The van der Waals surface area contributed by atoms with Crippen LogP contribution in [0.1, 0.15) is 64.2 Å². The van der Waals surface area contributed by atoms with E-state index in [9.17, 15) is 18.0 Å². The summed E-state index contributed by atoms with van der Waals surface area (Å²) >= 11 is 0. The normalized spacial score (nSPS) is 13.5. The molecule has 3 aromatic rings. The summed E-state index contributed by atoms with van der Waals surface area (Å²) in [6.07, 6.45) is 7.27.